The number of anilines is 1. The van der Waals surface area contributed by atoms with Crippen LogP contribution in [0.2, 0.25) is 0 Å². The van der Waals surface area contributed by atoms with Gasteiger partial charge in [-0.1, -0.05) is 18.2 Å². The molecule has 1 heterocycles. The molecule has 148 valence electrons. The largest absolute Gasteiger partial charge is 0.484 e. The summed E-state index contributed by atoms with van der Waals surface area (Å²) < 4.78 is 34.7. The standard InChI is InChI=1S/C20H20F2N2O4/c21-20(22)28-17-5-2-1-4-14(17)12-23-18(25)13-27-16-9-7-15(8-10-16)24-11-3-6-19(24)26/h1-2,4-5,7-10,20H,3,6,11-13H2,(H,23,25). The van der Waals surface area contributed by atoms with Crippen LogP contribution in [0.25, 0.3) is 0 Å². The number of ether oxygens (including phenoxy) is 2. The van der Waals surface area contributed by atoms with Crippen LogP contribution in [0.1, 0.15) is 18.4 Å². The van der Waals surface area contributed by atoms with Crippen molar-refractivity contribution in [1.29, 1.82) is 0 Å². The van der Waals surface area contributed by atoms with E-state index in [9.17, 15) is 18.4 Å². The van der Waals surface area contributed by atoms with Crippen molar-refractivity contribution >= 4 is 17.5 Å². The van der Waals surface area contributed by atoms with E-state index in [1.807, 2.05) is 0 Å². The molecule has 0 unspecified atom stereocenters. The van der Waals surface area contributed by atoms with E-state index in [-0.39, 0.29) is 24.8 Å². The van der Waals surface area contributed by atoms with E-state index in [2.05, 4.69) is 10.1 Å². The highest BCUT2D eigenvalue weighted by atomic mass is 19.3. The first kappa shape index (κ1) is 19.6. The summed E-state index contributed by atoms with van der Waals surface area (Å²) in [6.45, 7) is -2.40. The van der Waals surface area contributed by atoms with Gasteiger partial charge in [0.1, 0.15) is 11.5 Å². The van der Waals surface area contributed by atoms with E-state index in [0.717, 1.165) is 12.1 Å². The maximum Gasteiger partial charge on any atom is 0.387 e. The van der Waals surface area contributed by atoms with E-state index in [0.29, 0.717) is 24.3 Å². The van der Waals surface area contributed by atoms with E-state index in [1.54, 1.807) is 47.4 Å². The Kier molecular flexibility index (Phi) is 6.41. The Morgan fingerprint density at radius 2 is 1.89 bits per heavy atom. The Hall–Kier alpha value is -3.16. The lowest BCUT2D eigenvalue weighted by Gasteiger charge is -2.16. The highest BCUT2D eigenvalue weighted by Gasteiger charge is 2.21. The summed E-state index contributed by atoms with van der Waals surface area (Å²) >= 11 is 0. The molecule has 0 radical (unpaired) electrons. The summed E-state index contributed by atoms with van der Waals surface area (Å²) in [4.78, 5) is 25.4. The molecule has 0 atom stereocenters. The molecule has 0 spiro atoms. The predicted molar refractivity (Wildman–Crippen MR) is 98.4 cm³/mol. The molecule has 0 aliphatic carbocycles. The van der Waals surface area contributed by atoms with Crippen LogP contribution in [0.4, 0.5) is 14.5 Å². The van der Waals surface area contributed by atoms with Crippen LogP contribution in [0.5, 0.6) is 11.5 Å². The first-order valence-electron chi connectivity index (χ1n) is 8.85. The topological polar surface area (TPSA) is 67.9 Å². The Bertz CT molecular complexity index is 827. The average Bonchev–Trinajstić information content (AvgIpc) is 3.11. The smallest absolute Gasteiger partial charge is 0.387 e. The quantitative estimate of drug-likeness (QED) is 0.752. The Morgan fingerprint density at radius 1 is 1.14 bits per heavy atom. The molecule has 1 aliphatic rings. The summed E-state index contributed by atoms with van der Waals surface area (Å²) in [5, 5.41) is 2.60. The Balaban J connectivity index is 1.48. The second-order valence-corrected chi connectivity index (χ2v) is 6.19. The van der Waals surface area contributed by atoms with Gasteiger partial charge in [0.05, 0.1) is 0 Å². The third-order valence-electron chi connectivity index (χ3n) is 4.26. The zero-order valence-corrected chi connectivity index (χ0v) is 15.1. The number of hydrogen-bond donors (Lipinski definition) is 1. The number of halogens is 2. The van der Waals surface area contributed by atoms with Crippen LogP contribution in [-0.4, -0.2) is 31.6 Å². The minimum Gasteiger partial charge on any atom is -0.484 e. The molecule has 28 heavy (non-hydrogen) atoms. The molecule has 6 nitrogen and oxygen atoms in total. The molecular weight excluding hydrogens is 370 g/mol. The van der Waals surface area contributed by atoms with Gasteiger partial charge in [0.25, 0.3) is 5.91 Å². The van der Waals surface area contributed by atoms with Gasteiger partial charge in [0, 0.05) is 30.8 Å². The second-order valence-electron chi connectivity index (χ2n) is 6.19. The average molecular weight is 390 g/mol. The molecule has 2 aromatic rings. The fraction of sp³-hybridized carbons (Fsp3) is 0.300. The van der Waals surface area contributed by atoms with Gasteiger partial charge in [-0.25, -0.2) is 0 Å². The molecule has 1 aliphatic heterocycles. The van der Waals surface area contributed by atoms with Gasteiger partial charge in [0.2, 0.25) is 5.91 Å². The number of alkyl halides is 2. The fourth-order valence-electron chi connectivity index (χ4n) is 2.90. The van der Waals surface area contributed by atoms with Crippen molar-refractivity contribution < 1.29 is 27.8 Å². The van der Waals surface area contributed by atoms with Crippen LogP contribution in [-0.2, 0) is 16.1 Å². The minimum atomic E-state index is -2.93. The number of amides is 2. The SMILES string of the molecule is O=C(COc1ccc(N2CCCC2=O)cc1)NCc1ccccc1OC(F)F. The molecule has 2 amide bonds. The van der Waals surface area contributed by atoms with E-state index < -0.39 is 12.5 Å². The molecule has 3 rings (SSSR count). The predicted octanol–water partition coefficient (Wildman–Crippen LogP) is 3.11. The second kappa shape index (κ2) is 9.16. The monoisotopic (exact) mass is 390 g/mol. The maximum atomic E-state index is 12.4. The van der Waals surface area contributed by atoms with Gasteiger partial charge >= 0.3 is 6.61 Å². The van der Waals surface area contributed by atoms with Crippen molar-refractivity contribution in [3.8, 4) is 11.5 Å². The van der Waals surface area contributed by atoms with Gasteiger partial charge in [-0.15, -0.1) is 0 Å². The van der Waals surface area contributed by atoms with Crippen LogP contribution < -0.4 is 19.7 Å². The molecule has 2 aromatic carbocycles. The van der Waals surface area contributed by atoms with Gasteiger partial charge in [0.15, 0.2) is 6.61 Å². The lowest BCUT2D eigenvalue weighted by atomic mass is 10.2. The van der Waals surface area contributed by atoms with E-state index >= 15 is 0 Å². The maximum absolute atomic E-state index is 12.4. The first-order valence-corrected chi connectivity index (χ1v) is 8.85. The van der Waals surface area contributed by atoms with Crippen LogP contribution in [0, 0.1) is 0 Å². The lowest BCUT2D eigenvalue weighted by Crippen LogP contribution is -2.28. The number of hydrogen-bond acceptors (Lipinski definition) is 4. The number of nitrogens with zero attached hydrogens (tertiary/aromatic N) is 1. The molecule has 1 saturated heterocycles. The molecule has 0 bridgehead atoms. The molecule has 0 saturated carbocycles. The number of carbonyl (C=O) groups is 2. The summed E-state index contributed by atoms with van der Waals surface area (Å²) in [6, 6.07) is 13.2. The zero-order chi connectivity index (χ0) is 19.9. The van der Waals surface area contributed by atoms with E-state index in [1.165, 1.54) is 6.07 Å². The van der Waals surface area contributed by atoms with Gasteiger partial charge in [-0.3, -0.25) is 9.59 Å². The van der Waals surface area contributed by atoms with Crippen molar-refractivity contribution in [3.05, 3.63) is 54.1 Å². The third-order valence-corrected chi connectivity index (χ3v) is 4.26. The number of benzene rings is 2. The fourth-order valence-corrected chi connectivity index (χ4v) is 2.90. The number of para-hydroxylation sites is 1. The van der Waals surface area contributed by atoms with Crippen LogP contribution >= 0.6 is 0 Å². The summed E-state index contributed by atoms with van der Waals surface area (Å²) in [5.41, 5.74) is 1.24. The number of rotatable bonds is 8. The van der Waals surface area contributed by atoms with Crippen LogP contribution in [0.15, 0.2) is 48.5 Å². The number of nitrogens with one attached hydrogen (secondary N) is 1. The van der Waals surface area contributed by atoms with Crippen molar-refractivity contribution in [2.24, 2.45) is 0 Å². The van der Waals surface area contributed by atoms with Crippen LogP contribution in [0.3, 0.4) is 0 Å². The summed E-state index contributed by atoms with van der Waals surface area (Å²) in [7, 11) is 0. The molecule has 1 N–H and O–H groups in total. The molecule has 0 aromatic heterocycles. The van der Waals surface area contributed by atoms with Crippen molar-refractivity contribution in [3.63, 3.8) is 0 Å². The normalized spacial score (nSPS) is 13.7. The Labute approximate surface area is 161 Å². The highest BCUT2D eigenvalue weighted by molar-refractivity contribution is 5.95. The first-order chi connectivity index (χ1) is 13.5. The van der Waals surface area contributed by atoms with Crippen molar-refractivity contribution in [1.82, 2.24) is 5.32 Å². The summed E-state index contributed by atoms with van der Waals surface area (Å²) in [6.07, 6.45) is 1.41. The highest BCUT2D eigenvalue weighted by Crippen LogP contribution is 2.24. The lowest BCUT2D eigenvalue weighted by molar-refractivity contribution is -0.123. The number of carbonyl (C=O) groups excluding carboxylic acids is 2. The molecule has 8 heteroatoms. The van der Waals surface area contributed by atoms with Crippen molar-refractivity contribution in [2.75, 3.05) is 18.1 Å². The van der Waals surface area contributed by atoms with Gasteiger partial charge < -0.3 is 19.7 Å². The summed E-state index contributed by atoms with van der Waals surface area (Å²) in [5.74, 6) is 0.215. The minimum absolute atomic E-state index is 0.0192. The van der Waals surface area contributed by atoms with Crippen molar-refractivity contribution in [2.45, 2.75) is 26.0 Å². The third kappa shape index (κ3) is 5.18. The van der Waals surface area contributed by atoms with E-state index in [4.69, 9.17) is 4.74 Å². The zero-order valence-electron chi connectivity index (χ0n) is 15.1. The van der Waals surface area contributed by atoms with Gasteiger partial charge in [-0.2, -0.15) is 8.78 Å². The Morgan fingerprint density at radius 3 is 2.57 bits per heavy atom. The molecular formula is C20H20F2N2O4. The molecule has 1 fully saturated rings. The van der Waals surface area contributed by atoms with Gasteiger partial charge in [-0.05, 0) is 36.8 Å².